The lowest BCUT2D eigenvalue weighted by molar-refractivity contribution is 0.0784. The minimum Gasteiger partial charge on any atom is -0.396 e. The van der Waals surface area contributed by atoms with Gasteiger partial charge in [0.05, 0.1) is 23.1 Å². The molecule has 0 spiro atoms. The topological polar surface area (TPSA) is 107 Å². The van der Waals surface area contributed by atoms with Gasteiger partial charge in [-0.25, -0.2) is 4.39 Å². The molecule has 4 rings (SSSR count). The van der Waals surface area contributed by atoms with Gasteiger partial charge in [0.2, 0.25) is 0 Å². The van der Waals surface area contributed by atoms with Crippen molar-refractivity contribution >= 4 is 17.2 Å². The molecule has 1 saturated heterocycles. The molecule has 0 radical (unpaired) electrons. The highest BCUT2D eigenvalue weighted by Gasteiger charge is 2.37. The van der Waals surface area contributed by atoms with Crippen LogP contribution < -0.4 is 11.1 Å². The van der Waals surface area contributed by atoms with Crippen LogP contribution in [0, 0.1) is 11.3 Å². The summed E-state index contributed by atoms with van der Waals surface area (Å²) in [5.41, 5.74) is 7.95. The Labute approximate surface area is 158 Å². The molecule has 0 atom stereocenters. The van der Waals surface area contributed by atoms with Gasteiger partial charge in [0.25, 0.3) is 0 Å². The summed E-state index contributed by atoms with van der Waals surface area (Å²) in [5, 5.41) is 18.6. The number of nitrogens with zero attached hydrogens (tertiary/aromatic N) is 3. The average molecular weight is 371 g/mol. The van der Waals surface area contributed by atoms with Gasteiger partial charge in [-0.3, -0.25) is 15.5 Å². The summed E-state index contributed by atoms with van der Waals surface area (Å²) >= 11 is 0. The van der Waals surface area contributed by atoms with Crippen LogP contribution >= 0.6 is 0 Å². The van der Waals surface area contributed by atoms with E-state index in [0.29, 0.717) is 52.9 Å². The van der Waals surface area contributed by atoms with Crippen molar-refractivity contribution in [3.63, 3.8) is 0 Å². The molecule has 5 N–H and O–H groups in total. The van der Waals surface area contributed by atoms with E-state index in [-0.39, 0.29) is 6.54 Å². The van der Waals surface area contributed by atoms with Crippen LogP contribution in [-0.2, 0) is 0 Å². The molecule has 27 heavy (non-hydrogen) atoms. The van der Waals surface area contributed by atoms with Gasteiger partial charge in [-0.2, -0.15) is 5.10 Å². The van der Waals surface area contributed by atoms with Gasteiger partial charge in [0, 0.05) is 31.5 Å². The molecule has 144 valence electrons. The predicted octanol–water partition coefficient (Wildman–Crippen LogP) is 3.03. The van der Waals surface area contributed by atoms with Crippen LogP contribution in [0.3, 0.4) is 0 Å². The number of amidine groups is 1. The summed E-state index contributed by atoms with van der Waals surface area (Å²) < 4.78 is 14.5. The number of nitrogen functional groups attached to an aromatic ring is 1. The largest absolute Gasteiger partial charge is 0.396 e. The molecular weight excluding hydrogens is 345 g/mol. The monoisotopic (exact) mass is 371 g/mol. The Balaban J connectivity index is 1.60. The molecule has 0 aromatic carbocycles. The van der Waals surface area contributed by atoms with Crippen LogP contribution in [0.2, 0.25) is 0 Å². The number of halogens is 1. The predicted molar refractivity (Wildman–Crippen MR) is 105 cm³/mol. The maximum atomic E-state index is 14.5. The lowest BCUT2D eigenvalue weighted by atomic mass is 9.82. The third kappa shape index (κ3) is 3.36. The third-order valence-electron chi connectivity index (χ3n) is 5.78. The van der Waals surface area contributed by atoms with Crippen molar-refractivity contribution in [3.8, 4) is 11.4 Å². The number of aromatic nitrogens is 3. The van der Waals surface area contributed by atoms with Crippen LogP contribution in [0.5, 0.6) is 0 Å². The number of anilines is 2. The summed E-state index contributed by atoms with van der Waals surface area (Å²) in [6.07, 6.45) is 6.43. The zero-order chi connectivity index (χ0) is 19.0. The third-order valence-corrected chi connectivity index (χ3v) is 5.78. The first-order chi connectivity index (χ1) is 13.0. The lowest BCUT2D eigenvalue weighted by Crippen LogP contribution is -2.49. The second kappa shape index (κ2) is 6.83. The van der Waals surface area contributed by atoms with Crippen LogP contribution in [-0.4, -0.2) is 51.2 Å². The van der Waals surface area contributed by atoms with Crippen molar-refractivity contribution in [1.29, 1.82) is 5.41 Å². The molecule has 1 saturated carbocycles. The van der Waals surface area contributed by atoms with E-state index < -0.39 is 5.67 Å². The Hall–Kier alpha value is -2.64. The molecule has 3 heterocycles. The summed E-state index contributed by atoms with van der Waals surface area (Å²) in [7, 11) is 0. The second-order valence-corrected chi connectivity index (χ2v) is 7.70. The first-order valence-electron chi connectivity index (χ1n) is 9.55. The molecule has 2 aromatic heterocycles. The highest BCUT2D eigenvalue weighted by atomic mass is 19.1. The quantitative estimate of drug-likeness (QED) is 0.461. The van der Waals surface area contributed by atoms with Crippen molar-refractivity contribution in [1.82, 2.24) is 20.1 Å². The van der Waals surface area contributed by atoms with Crippen LogP contribution in [0.1, 0.15) is 38.2 Å². The van der Waals surface area contributed by atoms with Crippen molar-refractivity contribution in [2.75, 3.05) is 30.7 Å². The van der Waals surface area contributed by atoms with E-state index in [0.717, 1.165) is 25.9 Å². The van der Waals surface area contributed by atoms with Crippen LogP contribution in [0.4, 0.5) is 15.8 Å². The smallest absolute Gasteiger partial charge is 0.131 e. The summed E-state index contributed by atoms with van der Waals surface area (Å²) in [6, 6.07) is 1.83. The van der Waals surface area contributed by atoms with E-state index in [4.69, 9.17) is 11.1 Å². The maximum absolute atomic E-state index is 14.5. The second-order valence-electron chi connectivity index (χ2n) is 7.70. The number of pyridine rings is 1. The summed E-state index contributed by atoms with van der Waals surface area (Å²) in [5.74, 6) is 1.07. The highest BCUT2D eigenvalue weighted by molar-refractivity contribution is 6.02. The van der Waals surface area contributed by atoms with Gasteiger partial charge >= 0.3 is 0 Å². The van der Waals surface area contributed by atoms with Crippen LogP contribution in [0.15, 0.2) is 18.5 Å². The van der Waals surface area contributed by atoms with Gasteiger partial charge in [0.1, 0.15) is 17.2 Å². The first-order valence-corrected chi connectivity index (χ1v) is 9.55. The number of aromatic amines is 1. The van der Waals surface area contributed by atoms with E-state index >= 15 is 0 Å². The fourth-order valence-electron chi connectivity index (χ4n) is 3.60. The minimum absolute atomic E-state index is 0.243. The van der Waals surface area contributed by atoms with E-state index in [2.05, 4.69) is 27.4 Å². The van der Waals surface area contributed by atoms with E-state index in [9.17, 15) is 4.39 Å². The molecule has 0 unspecified atom stereocenters. The van der Waals surface area contributed by atoms with Crippen molar-refractivity contribution in [2.45, 2.75) is 38.3 Å². The summed E-state index contributed by atoms with van der Waals surface area (Å²) in [4.78, 5) is 6.51. The molecule has 1 aliphatic carbocycles. The Kier molecular flexibility index (Phi) is 4.49. The number of likely N-dealkylation sites (tertiary alicyclic amines) is 1. The maximum Gasteiger partial charge on any atom is 0.131 e. The highest BCUT2D eigenvalue weighted by Crippen LogP contribution is 2.36. The molecule has 8 heteroatoms. The van der Waals surface area contributed by atoms with Crippen molar-refractivity contribution < 1.29 is 4.39 Å². The number of rotatable bonds is 6. The molecule has 2 fully saturated rings. The number of hydrogen-bond donors (Lipinski definition) is 4. The summed E-state index contributed by atoms with van der Waals surface area (Å²) in [6.45, 7) is 4.18. The van der Waals surface area contributed by atoms with Crippen LogP contribution in [0.25, 0.3) is 11.4 Å². The minimum atomic E-state index is -1.15. The standard InChI is InChI=1S/C19H26FN7/c1-2-12-9-27(10-12)18(22)13-7-23-16(17-14(21)8-25-26-17)6-15(13)24-11-19(20)4-3-5-19/h6-8,12,22H,2-5,9-11,21H2,1H3,(H,23,24)(H,25,26). The average Bonchev–Trinajstić information content (AvgIpc) is 3.03. The van der Waals surface area contributed by atoms with E-state index in [1.807, 2.05) is 11.0 Å². The number of hydrogen-bond acceptors (Lipinski definition) is 5. The van der Waals surface area contributed by atoms with Crippen molar-refractivity contribution in [2.24, 2.45) is 5.92 Å². The zero-order valence-corrected chi connectivity index (χ0v) is 15.6. The lowest BCUT2D eigenvalue weighted by Gasteiger charge is -2.41. The number of H-pyrrole nitrogens is 1. The number of nitrogens with two attached hydrogens (primary N) is 1. The molecule has 0 amide bonds. The zero-order valence-electron chi connectivity index (χ0n) is 15.6. The normalized spacial score (nSPS) is 18.7. The fraction of sp³-hybridized carbons (Fsp3) is 0.526. The van der Waals surface area contributed by atoms with Gasteiger partial charge in [-0.1, -0.05) is 6.92 Å². The molecular formula is C19H26FN7. The van der Waals surface area contributed by atoms with Gasteiger partial charge in [-0.15, -0.1) is 0 Å². The molecule has 2 aromatic rings. The fourth-order valence-corrected chi connectivity index (χ4v) is 3.60. The number of nitrogens with one attached hydrogen (secondary N) is 3. The first kappa shape index (κ1) is 17.8. The Morgan fingerprint density at radius 2 is 2.22 bits per heavy atom. The van der Waals surface area contributed by atoms with Gasteiger partial charge < -0.3 is 16.0 Å². The Bertz CT molecular complexity index is 836. The van der Waals surface area contributed by atoms with Crippen molar-refractivity contribution in [3.05, 3.63) is 24.0 Å². The van der Waals surface area contributed by atoms with Gasteiger partial charge in [0.15, 0.2) is 0 Å². The van der Waals surface area contributed by atoms with Gasteiger partial charge in [-0.05, 0) is 37.7 Å². The van der Waals surface area contributed by atoms with E-state index in [1.54, 1.807) is 6.20 Å². The van der Waals surface area contributed by atoms with E-state index in [1.165, 1.54) is 6.20 Å². The number of alkyl halides is 1. The molecule has 0 bridgehead atoms. The molecule has 2 aliphatic rings. The molecule has 1 aliphatic heterocycles. The SMILES string of the molecule is CCC1CN(C(=N)c2cnc(-c3[nH]ncc3N)cc2NCC2(F)CCC2)C1. The Morgan fingerprint density at radius 1 is 1.44 bits per heavy atom. The Morgan fingerprint density at radius 3 is 2.81 bits per heavy atom. The molecule has 7 nitrogen and oxygen atoms in total.